The molecule has 3 nitrogen and oxygen atoms in total. The first-order valence-corrected chi connectivity index (χ1v) is 7.09. The van der Waals surface area contributed by atoms with E-state index in [4.69, 9.17) is 0 Å². The van der Waals surface area contributed by atoms with E-state index in [-0.39, 0.29) is 0 Å². The van der Waals surface area contributed by atoms with Crippen LogP contribution in [-0.4, -0.2) is 11.1 Å². The molecule has 0 amide bonds. The Morgan fingerprint density at radius 1 is 1.15 bits per heavy atom. The number of anilines is 1. The number of hydrogen-bond acceptors (Lipinski definition) is 2. The summed E-state index contributed by atoms with van der Waals surface area (Å²) in [7, 11) is 0. The highest BCUT2D eigenvalue weighted by molar-refractivity contribution is 9.10. The van der Waals surface area contributed by atoms with Crippen LogP contribution in [0.4, 0.5) is 5.69 Å². The van der Waals surface area contributed by atoms with Crippen molar-refractivity contribution in [2.24, 2.45) is 0 Å². The third kappa shape index (κ3) is 3.39. The highest BCUT2D eigenvalue weighted by Crippen LogP contribution is 2.25. The quantitative estimate of drug-likeness (QED) is 0.876. The SMILES string of the molecule is Cc1ccc(NC(C(=O)O)c2ccc(C)c(Br)c2)cc1. The van der Waals surface area contributed by atoms with Gasteiger partial charge in [0.05, 0.1) is 0 Å². The van der Waals surface area contributed by atoms with Crippen LogP contribution in [0.25, 0.3) is 0 Å². The van der Waals surface area contributed by atoms with Crippen LogP contribution in [0.2, 0.25) is 0 Å². The Balaban J connectivity index is 2.29. The minimum absolute atomic E-state index is 0.718. The van der Waals surface area contributed by atoms with Crippen molar-refractivity contribution in [2.75, 3.05) is 5.32 Å². The molecule has 0 spiro atoms. The molecule has 0 aliphatic carbocycles. The van der Waals surface area contributed by atoms with Crippen LogP contribution >= 0.6 is 15.9 Å². The monoisotopic (exact) mass is 333 g/mol. The molecule has 0 saturated heterocycles. The van der Waals surface area contributed by atoms with Crippen molar-refractivity contribution >= 4 is 27.6 Å². The number of hydrogen-bond donors (Lipinski definition) is 2. The van der Waals surface area contributed by atoms with Crippen LogP contribution in [0.3, 0.4) is 0 Å². The summed E-state index contributed by atoms with van der Waals surface area (Å²) in [5.74, 6) is -0.902. The number of aryl methyl sites for hydroxylation is 2. The van der Waals surface area contributed by atoms with Gasteiger partial charge in [-0.05, 0) is 43.2 Å². The first kappa shape index (κ1) is 14.6. The maximum absolute atomic E-state index is 11.5. The lowest BCUT2D eigenvalue weighted by atomic mass is 10.0. The zero-order chi connectivity index (χ0) is 14.7. The fourth-order valence-electron chi connectivity index (χ4n) is 1.89. The number of nitrogens with one attached hydrogen (secondary N) is 1. The molecule has 20 heavy (non-hydrogen) atoms. The molecule has 104 valence electrons. The summed E-state index contributed by atoms with van der Waals surface area (Å²) in [5.41, 5.74) is 3.73. The van der Waals surface area contributed by atoms with Crippen LogP contribution in [0, 0.1) is 13.8 Å². The minimum atomic E-state index is -0.902. The number of carbonyl (C=O) groups is 1. The van der Waals surface area contributed by atoms with Gasteiger partial charge in [0.1, 0.15) is 0 Å². The first-order chi connectivity index (χ1) is 9.47. The largest absolute Gasteiger partial charge is 0.479 e. The third-order valence-corrected chi connectivity index (χ3v) is 3.99. The van der Waals surface area contributed by atoms with Gasteiger partial charge in [-0.3, -0.25) is 0 Å². The van der Waals surface area contributed by atoms with Crippen molar-refractivity contribution in [2.45, 2.75) is 19.9 Å². The molecule has 0 aromatic heterocycles. The van der Waals surface area contributed by atoms with Gasteiger partial charge in [0.25, 0.3) is 0 Å². The molecule has 1 atom stereocenters. The van der Waals surface area contributed by atoms with Crippen LogP contribution < -0.4 is 5.32 Å². The summed E-state index contributed by atoms with van der Waals surface area (Å²) in [6.45, 7) is 3.96. The smallest absolute Gasteiger partial charge is 0.330 e. The van der Waals surface area contributed by atoms with E-state index in [1.807, 2.05) is 56.3 Å². The summed E-state index contributed by atoms with van der Waals surface area (Å²) < 4.78 is 0.909. The molecule has 1 unspecified atom stereocenters. The third-order valence-electron chi connectivity index (χ3n) is 3.14. The Morgan fingerprint density at radius 3 is 2.35 bits per heavy atom. The van der Waals surface area contributed by atoms with Crippen molar-refractivity contribution in [3.63, 3.8) is 0 Å². The van der Waals surface area contributed by atoms with E-state index < -0.39 is 12.0 Å². The molecule has 0 bridgehead atoms. The number of carboxylic acid groups (broad SMARTS) is 1. The van der Waals surface area contributed by atoms with Crippen LogP contribution in [0.1, 0.15) is 22.7 Å². The molecule has 0 heterocycles. The van der Waals surface area contributed by atoms with Gasteiger partial charge < -0.3 is 10.4 Å². The number of halogens is 1. The van der Waals surface area contributed by atoms with Crippen LogP contribution in [0.15, 0.2) is 46.9 Å². The zero-order valence-electron chi connectivity index (χ0n) is 11.4. The topological polar surface area (TPSA) is 49.3 Å². The van der Waals surface area contributed by atoms with E-state index in [2.05, 4.69) is 21.2 Å². The van der Waals surface area contributed by atoms with Gasteiger partial charge in [0.2, 0.25) is 0 Å². The Bertz CT molecular complexity index is 623. The predicted octanol–water partition coefficient (Wildman–Crippen LogP) is 4.30. The maximum atomic E-state index is 11.5. The first-order valence-electron chi connectivity index (χ1n) is 6.29. The molecular weight excluding hydrogens is 318 g/mol. The van der Waals surface area contributed by atoms with Crippen LogP contribution in [0.5, 0.6) is 0 Å². The van der Waals surface area contributed by atoms with Crippen LogP contribution in [-0.2, 0) is 4.79 Å². The van der Waals surface area contributed by atoms with Gasteiger partial charge in [0.15, 0.2) is 6.04 Å². The molecule has 2 rings (SSSR count). The summed E-state index contributed by atoms with van der Waals surface area (Å²) in [4.78, 5) is 11.5. The Labute approximate surface area is 126 Å². The molecule has 0 fully saturated rings. The standard InChI is InChI=1S/C16H16BrNO2/c1-10-3-7-13(8-4-10)18-15(16(19)20)12-6-5-11(2)14(17)9-12/h3-9,15,18H,1-2H3,(H,19,20). The van der Waals surface area contributed by atoms with Crippen molar-refractivity contribution < 1.29 is 9.90 Å². The van der Waals surface area contributed by atoms with E-state index in [9.17, 15) is 9.90 Å². The van der Waals surface area contributed by atoms with E-state index in [1.165, 1.54) is 0 Å². The van der Waals surface area contributed by atoms with E-state index >= 15 is 0 Å². The van der Waals surface area contributed by atoms with Gasteiger partial charge in [-0.15, -0.1) is 0 Å². The number of aliphatic carboxylic acids is 1. The molecule has 2 aromatic carbocycles. The second-order valence-corrected chi connectivity index (χ2v) is 5.64. The summed E-state index contributed by atoms with van der Waals surface area (Å²) in [6, 6.07) is 12.5. The maximum Gasteiger partial charge on any atom is 0.330 e. The number of rotatable bonds is 4. The van der Waals surface area contributed by atoms with Gasteiger partial charge in [-0.25, -0.2) is 4.79 Å². The Kier molecular flexibility index (Phi) is 4.45. The average molecular weight is 334 g/mol. The second kappa shape index (κ2) is 6.09. The van der Waals surface area contributed by atoms with Crippen molar-refractivity contribution in [3.05, 3.63) is 63.6 Å². The van der Waals surface area contributed by atoms with Gasteiger partial charge in [-0.1, -0.05) is 45.8 Å². The van der Waals surface area contributed by atoms with Crippen molar-refractivity contribution in [3.8, 4) is 0 Å². The molecule has 0 radical (unpaired) electrons. The van der Waals surface area contributed by atoms with Gasteiger partial charge >= 0.3 is 5.97 Å². The fourth-order valence-corrected chi connectivity index (χ4v) is 2.29. The lowest BCUT2D eigenvalue weighted by Crippen LogP contribution is -2.20. The second-order valence-electron chi connectivity index (χ2n) is 4.79. The lowest BCUT2D eigenvalue weighted by Gasteiger charge is -2.17. The Morgan fingerprint density at radius 2 is 1.80 bits per heavy atom. The Hall–Kier alpha value is -1.81. The summed E-state index contributed by atoms with van der Waals surface area (Å²) >= 11 is 3.44. The number of carboxylic acids is 1. The van der Waals surface area contributed by atoms with Crippen molar-refractivity contribution in [1.82, 2.24) is 0 Å². The highest BCUT2D eigenvalue weighted by atomic mass is 79.9. The molecule has 0 aliphatic rings. The molecule has 4 heteroatoms. The molecule has 2 N–H and O–H groups in total. The highest BCUT2D eigenvalue weighted by Gasteiger charge is 2.20. The van der Waals surface area contributed by atoms with Gasteiger partial charge in [-0.2, -0.15) is 0 Å². The molecule has 2 aromatic rings. The number of benzene rings is 2. The van der Waals surface area contributed by atoms with E-state index in [1.54, 1.807) is 0 Å². The van der Waals surface area contributed by atoms with E-state index in [0.29, 0.717) is 0 Å². The lowest BCUT2D eigenvalue weighted by molar-refractivity contribution is -0.138. The average Bonchev–Trinajstić information content (AvgIpc) is 2.41. The van der Waals surface area contributed by atoms with Gasteiger partial charge in [0, 0.05) is 10.2 Å². The molecule has 0 aliphatic heterocycles. The fraction of sp³-hybridized carbons (Fsp3) is 0.188. The summed E-state index contributed by atoms with van der Waals surface area (Å²) in [5, 5.41) is 12.5. The molecule has 0 saturated carbocycles. The summed E-state index contributed by atoms with van der Waals surface area (Å²) in [6.07, 6.45) is 0. The molecular formula is C16H16BrNO2. The van der Waals surface area contributed by atoms with E-state index in [0.717, 1.165) is 26.9 Å². The minimum Gasteiger partial charge on any atom is -0.479 e. The normalized spacial score (nSPS) is 11.9. The van der Waals surface area contributed by atoms with Crippen molar-refractivity contribution in [1.29, 1.82) is 0 Å². The predicted molar refractivity (Wildman–Crippen MR) is 84.1 cm³/mol. The zero-order valence-corrected chi connectivity index (χ0v) is 12.9.